The van der Waals surface area contributed by atoms with Crippen molar-refractivity contribution >= 4 is 33.4 Å². The number of anilines is 1. The van der Waals surface area contributed by atoms with Crippen molar-refractivity contribution in [2.45, 2.75) is 42.8 Å². The van der Waals surface area contributed by atoms with Gasteiger partial charge in [-0.1, -0.05) is 110 Å². The van der Waals surface area contributed by atoms with Gasteiger partial charge in [-0.15, -0.1) is 0 Å². The molecule has 0 radical (unpaired) electrons. The van der Waals surface area contributed by atoms with Gasteiger partial charge < -0.3 is 14.7 Å². The molecule has 0 aliphatic heterocycles. The fraction of sp³-hybridized carbons (Fsp3) is 0.189. The summed E-state index contributed by atoms with van der Waals surface area (Å²) in [5, 5.41) is 13.8. The molecular weight excluding hydrogens is 656 g/mol. The van der Waals surface area contributed by atoms with Gasteiger partial charge in [0.15, 0.2) is 0 Å². The molecule has 244 valence electrons. The minimum Gasteiger partial charge on any atom is -0.744 e. The maximum absolute atomic E-state index is 12.6. The summed E-state index contributed by atoms with van der Waals surface area (Å²) < 4.78 is 42.3. The smallest absolute Gasteiger partial charge is 0.744 e. The van der Waals surface area contributed by atoms with Crippen LogP contribution in [0.4, 0.5) is 5.69 Å². The molecule has 0 saturated carbocycles. The average Bonchev–Trinajstić information content (AvgIpc) is 3.10. The fourth-order valence-electron chi connectivity index (χ4n) is 5.71. The van der Waals surface area contributed by atoms with Crippen molar-refractivity contribution in [2.75, 3.05) is 18.0 Å². The Balaban J connectivity index is 0.00000520. The summed E-state index contributed by atoms with van der Waals surface area (Å²) in [5.74, 6) is 0. The predicted molar refractivity (Wildman–Crippen MR) is 183 cm³/mol. The molecule has 0 bridgehead atoms. The van der Waals surface area contributed by atoms with Crippen LogP contribution in [-0.4, -0.2) is 37.0 Å². The Labute approximate surface area is 309 Å². The van der Waals surface area contributed by atoms with Crippen LogP contribution < -0.4 is 39.7 Å². The van der Waals surface area contributed by atoms with Crippen molar-refractivity contribution in [3.63, 3.8) is 0 Å². The van der Waals surface area contributed by atoms with E-state index in [4.69, 9.17) is 0 Å². The van der Waals surface area contributed by atoms with Gasteiger partial charge in [-0.25, -0.2) is 8.42 Å². The van der Waals surface area contributed by atoms with E-state index < -0.39 is 15.0 Å². The Morgan fingerprint density at radius 2 is 1.42 bits per heavy atom. The van der Waals surface area contributed by atoms with Crippen molar-refractivity contribution in [1.29, 1.82) is 0 Å². The molecule has 5 rings (SSSR count). The monoisotopic (exact) mass is 691 g/mol. The average molecular weight is 692 g/mol. The second kappa shape index (κ2) is 18.1. The minimum atomic E-state index is -4.93. The summed E-state index contributed by atoms with van der Waals surface area (Å²) in [6, 6.07) is 32.8. The minimum absolute atomic E-state index is 0. The molecule has 11 heteroatoms. The molecule has 0 saturated heterocycles. The van der Waals surface area contributed by atoms with E-state index in [1.54, 1.807) is 12.1 Å². The third-order valence-corrected chi connectivity index (χ3v) is 9.51. The maximum Gasteiger partial charge on any atom is 1.00 e. The second-order valence-electron chi connectivity index (χ2n) is 11.0. The SMILES string of the molecule is CCN(Cc1ccccc1)c1ccc(C(=C2C=CC(N(CC)Cc3ccccc3)C=C2)c2ccc(SOO[O-])cc2S(=O)(=O)[O-])cc1.[Na+]. The summed E-state index contributed by atoms with van der Waals surface area (Å²) in [7, 11) is -4.93. The van der Waals surface area contributed by atoms with E-state index in [0.717, 1.165) is 43.0 Å². The topological polar surface area (TPSA) is 105 Å². The standard InChI is InChI=1S/C37H38N2O6S2.Na/c1-3-38(26-28-11-7-5-8-12-28)32-19-15-30(16-20-32)37(35-24-23-34(46-45-44-40)25-36(35)47(41,42)43)31-17-21-33(22-18-31)39(4-2)27-29-13-9-6-10-14-29;/h5-25,32,40H,3-4,26-27H2,1-2H3,(H,41,42,43);/q;+1/p-2. The Kier molecular flexibility index (Phi) is 14.3. The summed E-state index contributed by atoms with van der Waals surface area (Å²) in [5.41, 5.74) is 5.75. The Morgan fingerprint density at radius 1 is 0.812 bits per heavy atom. The van der Waals surface area contributed by atoms with Crippen LogP contribution in [-0.2, 0) is 32.6 Å². The molecule has 0 aromatic heterocycles. The van der Waals surface area contributed by atoms with Crippen LogP contribution in [0.25, 0.3) is 5.57 Å². The number of benzene rings is 4. The zero-order chi connectivity index (χ0) is 33.2. The fourth-order valence-corrected chi connectivity index (χ4v) is 6.89. The van der Waals surface area contributed by atoms with Gasteiger partial charge in [0.05, 0.1) is 16.9 Å². The quantitative estimate of drug-likeness (QED) is 0.0644. The summed E-state index contributed by atoms with van der Waals surface area (Å²) in [6.07, 6.45) is 8.13. The molecule has 0 spiro atoms. The van der Waals surface area contributed by atoms with E-state index in [2.05, 4.69) is 69.4 Å². The summed E-state index contributed by atoms with van der Waals surface area (Å²) >= 11 is 0.524. The van der Waals surface area contributed by atoms with E-state index in [1.807, 2.05) is 72.8 Å². The van der Waals surface area contributed by atoms with Crippen molar-refractivity contribution in [1.82, 2.24) is 4.90 Å². The molecule has 1 aliphatic carbocycles. The third kappa shape index (κ3) is 9.79. The van der Waals surface area contributed by atoms with Gasteiger partial charge in [-0.05, 0) is 65.6 Å². The van der Waals surface area contributed by atoms with Crippen LogP contribution >= 0.6 is 12.0 Å². The number of rotatable bonds is 14. The maximum atomic E-state index is 12.6. The third-order valence-electron chi connectivity index (χ3n) is 8.06. The first-order valence-electron chi connectivity index (χ1n) is 15.3. The molecule has 48 heavy (non-hydrogen) atoms. The van der Waals surface area contributed by atoms with Gasteiger partial charge in [-0.2, -0.15) is 4.33 Å². The molecule has 0 atom stereocenters. The van der Waals surface area contributed by atoms with Crippen molar-refractivity contribution in [2.24, 2.45) is 0 Å². The van der Waals surface area contributed by atoms with Gasteiger partial charge in [0.1, 0.15) is 10.1 Å². The van der Waals surface area contributed by atoms with Gasteiger partial charge in [0.25, 0.3) is 0 Å². The number of hydrogen-bond acceptors (Lipinski definition) is 9. The van der Waals surface area contributed by atoms with Crippen LogP contribution in [0.2, 0.25) is 0 Å². The zero-order valence-electron chi connectivity index (χ0n) is 27.2. The van der Waals surface area contributed by atoms with Crippen LogP contribution in [0.1, 0.15) is 36.1 Å². The number of nitrogens with zero attached hydrogens (tertiary/aromatic N) is 2. The molecule has 0 heterocycles. The molecule has 8 nitrogen and oxygen atoms in total. The largest absolute Gasteiger partial charge is 1.00 e. The van der Waals surface area contributed by atoms with E-state index in [0.29, 0.717) is 17.6 Å². The number of hydrogen-bond donors (Lipinski definition) is 0. The number of allylic oxidation sites excluding steroid dienone is 3. The van der Waals surface area contributed by atoms with E-state index in [9.17, 15) is 18.2 Å². The Hall–Kier alpha value is -3.00. The van der Waals surface area contributed by atoms with Crippen molar-refractivity contribution in [3.05, 3.63) is 155 Å². The van der Waals surface area contributed by atoms with Gasteiger partial charge in [-0.3, -0.25) is 9.94 Å². The van der Waals surface area contributed by atoms with Crippen LogP contribution in [0.3, 0.4) is 0 Å². The van der Waals surface area contributed by atoms with Crippen LogP contribution in [0.15, 0.2) is 143 Å². The first-order chi connectivity index (χ1) is 22.8. The van der Waals surface area contributed by atoms with Gasteiger partial charge >= 0.3 is 29.6 Å². The van der Waals surface area contributed by atoms with Crippen molar-refractivity contribution in [3.8, 4) is 0 Å². The molecule has 1 aliphatic rings. The second-order valence-corrected chi connectivity index (χ2v) is 13.1. The number of likely N-dealkylation sites (N-methyl/N-ethyl adjacent to an activating group) is 1. The van der Waals surface area contributed by atoms with Gasteiger partial charge in [0.2, 0.25) is 0 Å². The first-order valence-corrected chi connectivity index (χ1v) is 17.5. The van der Waals surface area contributed by atoms with E-state index >= 15 is 0 Å². The molecule has 0 fully saturated rings. The van der Waals surface area contributed by atoms with E-state index in [-0.39, 0.29) is 46.1 Å². The van der Waals surface area contributed by atoms with Crippen LogP contribution in [0.5, 0.6) is 0 Å². The van der Waals surface area contributed by atoms with Crippen LogP contribution in [0, 0.1) is 0 Å². The Bertz CT molecular complexity index is 1820. The molecule has 0 amide bonds. The molecule has 0 N–H and O–H groups in total. The van der Waals surface area contributed by atoms with Gasteiger partial charge in [0, 0.05) is 41.8 Å². The molecule has 4 aromatic carbocycles. The molecule has 4 aromatic rings. The van der Waals surface area contributed by atoms with Crippen molar-refractivity contribution < 1.29 is 57.2 Å². The predicted octanol–water partition coefficient (Wildman–Crippen LogP) is 3.67. The first kappa shape index (κ1) is 37.8. The normalized spacial score (nSPS) is 14.2. The molecular formula is C37H36N2NaO6S2-. The van der Waals surface area contributed by atoms with E-state index in [1.165, 1.54) is 17.2 Å². The summed E-state index contributed by atoms with van der Waals surface area (Å²) in [6.45, 7) is 7.34. The summed E-state index contributed by atoms with van der Waals surface area (Å²) in [4.78, 5) is 4.39. The zero-order valence-corrected chi connectivity index (χ0v) is 30.8. The molecule has 0 unspecified atom stereocenters. The Morgan fingerprint density at radius 3 is 1.96 bits per heavy atom.